The Balaban J connectivity index is 1.75. The third kappa shape index (κ3) is 3.97. The summed E-state index contributed by atoms with van der Waals surface area (Å²) >= 11 is 0. The molecule has 0 saturated heterocycles. The highest BCUT2D eigenvalue weighted by molar-refractivity contribution is 6.09. The van der Waals surface area contributed by atoms with Gasteiger partial charge in [-0.25, -0.2) is 0 Å². The molecule has 2 atom stereocenters. The number of amides is 1. The van der Waals surface area contributed by atoms with E-state index < -0.39 is 17.6 Å². The third-order valence-corrected chi connectivity index (χ3v) is 4.22. The van der Waals surface area contributed by atoms with Crippen molar-refractivity contribution in [3.8, 4) is 6.07 Å². The standard InChI is InChI=1S/C19H15F3N2O2/c1-11-7-16(11)17-6-5-15(26-17)8-12(10-23)18(25)24-14-4-2-3-13(9-14)19(20,21)22/h2-6,8-9,11,16H,7H2,1H3,(H,24,25)/b12-8+/t11-,16+/m1/s1. The van der Waals surface area contributed by atoms with E-state index in [-0.39, 0.29) is 11.3 Å². The first-order chi connectivity index (χ1) is 12.3. The number of nitrogens with zero attached hydrogens (tertiary/aromatic N) is 1. The van der Waals surface area contributed by atoms with Crippen LogP contribution in [0, 0.1) is 17.2 Å². The highest BCUT2D eigenvalue weighted by Gasteiger charge is 2.36. The van der Waals surface area contributed by atoms with E-state index in [2.05, 4.69) is 12.2 Å². The second-order valence-corrected chi connectivity index (χ2v) is 6.26. The van der Waals surface area contributed by atoms with Crippen molar-refractivity contribution < 1.29 is 22.4 Å². The Morgan fingerprint density at radius 3 is 2.69 bits per heavy atom. The number of halogens is 3. The Labute approximate surface area is 147 Å². The zero-order valence-electron chi connectivity index (χ0n) is 13.8. The molecule has 1 saturated carbocycles. The van der Waals surface area contributed by atoms with Crippen LogP contribution in [0.1, 0.15) is 36.3 Å². The number of benzene rings is 1. The Morgan fingerprint density at radius 1 is 1.35 bits per heavy atom. The molecule has 2 aromatic rings. The SMILES string of the molecule is C[C@@H]1C[C@@H]1c1ccc(/C=C(\C#N)C(=O)Nc2cccc(C(F)(F)F)c2)o1. The minimum atomic E-state index is -4.51. The first-order valence-electron chi connectivity index (χ1n) is 7.98. The van der Waals surface area contributed by atoms with Crippen LogP contribution >= 0.6 is 0 Å². The first kappa shape index (κ1) is 17.8. The number of nitrogens with one attached hydrogen (secondary N) is 1. The van der Waals surface area contributed by atoms with Gasteiger partial charge in [0.25, 0.3) is 5.91 Å². The molecule has 1 aliphatic rings. The summed E-state index contributed by atoms with van der Waals surface area (Å²) in [6.07, 6.45) is -2.20. The van der Waals surface area contributed by atoms with Gasteiger partial charge >= 0.3 is 6.18 Å². The van der Waals surface area contributed by atoms with Gasteiger partial charge in [0.1, 0.15) is 23.2 Å². The predicted molar refractivity (Wildman–Crippen MR) is 88.9 cm³/mol. The monoisotopic (exact) mass is 360 g/mol. The molecule has 1 amide bonds. The molecule has 0 aliphatic heterocycles. The number of anilines is 1. The van der Waals surface area contributed by atoms with Gasteiger partial charge in [0.2, 0.25) is 0 Å². The van der Waals surface area contributed by atoms with Crippen molar-refractivity contribution >= 4 is 17.7 Å². The molecule has 26 heavy (non-hydrogen) atoms. The molecule has 3 rings (SSSR count). The highest BCUT2D eigenvalue weighted by atomic mass is 19.4. The van der Waals surface area contributed by atoms with Crippen LogP contribution in [-0.2, 0) is 11.0 Å². The maximum Gasteiger partial charge on any atom is 0.416 e. The summed E-state index contributed by atoms with van der Waals surface area (Å²) in [5.41, 5.74) is -1.18. The smallest absolute Gasteiger partial charge is 0.416 e. The van der Waals surface area contributed by atoms with E-state index in [0.717, 1.165) is 24.3 Å². The van der Waals surface area contributed by atoms with Crippen molar-refractivity contribution in [2.45, 2.75) is 25.4 Å². The van der Waals surface area contributed by atoms with Crippen LogP contribution < -0.4 is 5.32 Å². The first-order valence-corrected chi connectivity index (χ1v) is 7.98. The van der Waals surface area contributed by atoms with Crippen LogP contribution in [0.5, 0.6) is 0 Å². The summed E-state index contributed by atoms with van der Waals surface area (Å²) < 4.78 is 43.8. The average molecular weight is 360 g/mol. The quantitative estimate of drug-likeness (QED) is 0.618. The fourth-order valence-corrected chi connectivity index (χ4v) is 2.63. The zero-order valence-corrected chi connectivity index (χ0v) is 13.8. The third-order valence-electron chi connectivity index (χ3n) is 4.22. The maximum absolute atomic E-state index is 12.7. The largest absolute Gasteiger partial charge is 0.461 e. The van der Waals surface area contributed by atoms with Gasteiger partial charge in [-0.1, -0.05) is 13.0 Å². The van der Waals surface area contributed by atoms with Gasteiger partial charge in [0.05, 0.1) is 5.56 Å². The molecule has 0 spiro atoms. The molecule has 1 N–H and O–H groups in total. The van der Waals surface area contributed by atoms with Crippen molar-refractivity contribution in [3.63, 3.8) is 0 Å². The van der Waals surface area contributed by atoms with Crippen LogP contribution in [-0.4, -0.2) is 5.91 Å². The molecule has 0 unspecified atom stereocenters. The van der Waals surface area contributed by atoms with E-state index in [0.29, 0.717) is 17.6 Å². The summed E-state index contributed by atoms with van der Waals surface area (Å²) in [6.45, 7) is 2.10. The normalized spacial score (nSPS) is 19.7. The second-order valence-electron chi connectivity index (χ2n) is 6.26. The number of hydrogen-bond donors (Lipinski definition) is 1. The van der Waals surface area contributed by atoms with Gasteiger partial charge in [0, 0.05) is 17.7 Å². The van der Waals surface area contributed by atoms with Crippen LogP contribution in [0.25, 0.3) is 6.08 Å². The van der Waals surface area contributed by atoms with Crippen LogP contribution in [0.15, 0.2) is 46.4 Å². The number of nitriles is 1. The van der Waals surface area contributed by atoms with E-state index in [1.165, 1.54) is 18.2 Å². The zero-order chi connectivity index (χ0) is 18.9. The molecule has 1 aromatic carbocycles. The summed E-state index contributed by atoms with van der Waals surface area (Å²) in [7, 11) is 0. The van der Waals surface area contributed by atoms with E-state index in [1.807, 2.05) is 0 Å². The fourth-order valence-electron chi connectivity index (χ4n) is 2.63. The number of furan rings is 1. The number of alkyl halides is 3. The number of carbonyl (C=O) groups excluding carboxylic acids is 1. The molecular formula is C19H15F3N2O2. The fraction of sp³-hybridized carbons (Fsp3) is 0.263. The Hall–Kier alpha value is -3.01. The summed E-state index contributed by atoms with van der Waals surface area (Å²) in [6, 6.07) is 9.43. The lowest BCUT2D eigenvalue weighted by Gasteiger charge is -2.09. The number of hydrogen-bond acceptors (Lipinski definition) is 3. The van der Waals surface area contributed by atoms with E-state index >= 15 is 0 Å². The minimum Gasteiger partial charge on any atom is -0.461 e. The lowest BCUT2D eigenvalue weighted by Crippen LogP contribution is -2.14. The van der Waals surface area contributed by atoms with E-state index in [4.69, 9.17) is 4.42 Å². The summed E-state index contributed by atoms with van der Waals surface area (Å²) in [5.74, 6) is 1.28. The second kappa shape index (κ2) is 6.71. The van der Waals surface area contributed by atoms with Gasteiger partial charge in [-0.15, -0.1) is 0 Å². The van der Waals surface area contributed by atoms with Gasteiger partial charge in [-0.3, -0.25) is 4.79 Å². The molecule has 1 aromatic heterocycles. The topological polar surface area (TPSA) is 66.0 Å². The van der Waals surface area contributed by atoms with Crippen LogP contribution in [0.3, 0.4) is 0 Å². The summed E-state index contributed by atoms with van der Waals surface area (Å²) in [4.78, 5) is 12.2. The molecule has 134 valence electrons. The molecule has 1 heterocycles. The predicted octanol–water partition coefficient (Wildman–Crippen LogP) is 4.97. The molecule has 1 aliphatic carbocycles. The summed E-state index contributed by atoms with van der Waals surface area (Å²) in [5, 5.41) is 11.5. The van der Waals surface area contributed by atoms with Gasteiger partial charge in [-0.2, -0.15) is 18.4 Å². The molecule has 7 heteroatoms. The minimum absolute atomic E-state index is 0.0436. The van der Waals surface area contributed by atoms with Gasteiger partial charge < -0.3 is 9.73 Å². The lowest BCUT2D eigenvalue weighted by atomic mass is 10.1. The van der Waals surface area contributed by atoms with E-state index in [9.17, 15) is 23.2 Å². The van der Waals surface area contributed by atoms with Crippen molar-refractivity contribution in [1.82, 2.24) is 0 Å². The lowest BCUT2D eigenvalue weighted by molar-refractivity contribution is -0.137. The van der Waals surface area contributed by atoms with Crippen molar-refractivity contribution in [1.29, 1.82) is 5.26 Å². The van der Waals surface area contributed by atoms with Crippen molar-refractivity contribution in [3.05, 3.63) is 59.1 Å². The molecule has 1 fully saturated rings. The number of rotatable bonds is 4. The molecule has 0 radical (unpaired) electrons. The molecule has 0 bridgehead atoms. The Morgan fingerprint density at radius 2 is 2.08 bits per heavy atom. The van der Waals surface area contributed by atoms with E-state index in [1.54, 1.807) is 18.2 Å². The Bertz CT molecular complexity index is 906. The maximum atomic E-state index is 12.7. The Kier molecular flexibility index (Phi) is 4.60. The number of carbonyl (C=O) groups is 1. The van der Waals surface area contributed by atoms with Gasteiger partial charge in [-0.05, 0) is 42.7 Å². The van der Waals surface area contributed by atoms with Gasteiger partial charge in [0.15, 0.2) is 0 Å². The highest BCUT2D eigenvalue weighted by Crippen LogP contribution is 2.47. The molecular weight excluding hydrogens is 345 g/mol. The van der Waals surface area contributed by atoms with Crippen molar-refractivity contribution in [2.24, 2.45) is 5.92 Å². The average Bonchev–Trinajstić information content (AvgIpc) is 3.14. The van der Waals surface area contributed by atoms with Crippen LogP contribution in [0.4, 0.5) is 18.9 Å². The molecule has 4 nitrogen and oxygen atoms in total. The van der Waals surface area contributed by atoms with Crippen LogP contribution in [0.2, 0.25) is 0 Å². The van der Waals surface area contributed by atoms with Crippen molar-refractivity contribution in [2.75, 3.05) is 5.32 Å².